The van der Waals surface area contributed by atoms with E-state index in [1.54, 1.807) is 0 Å². The highest BCUT2D eigenvalue weighted by atomic mass is 16.2. The van der Waals surface area contributed by atoms with Crippen molar-refractivity contribution >= 4 is 28.6 Å². The molecule has 5 rings (SSSR count). The standard InChI is InChI=1S/C20H34N2.C19H33N.C18H24O2.C5H12/c1-18(2,3)17-13-14-12-15(10-11-16(14)21-17)22(19(4,5)6)20(7,8)9;1-17(2,3)14-15-10-12-16(13-11-15)20(18(4,5)6)19(7,8)9;1-17(2,3)13-11-9-7-8-10-12(11)15(19)14(16(13)20)18(4,5)6;1-5(2,3)4/h10-12,17,21H,13H2,1-9H3;10-13H,14H2,1-9H3;7-10,13-14H,1-6H3;1-4H3. The van der Waals surface area contributed by atoms with Gasteiger partial charge in [0.25, 0.3) is 0 Å². The molecular formula is C62H103N3O2. The highest BCUT2D eigenvalue weighted by Gasteiger charge is 2.49. The summed E-state index contributed by atoms with van der Waals surface area (Å²) < 4.78 is 0. The summed E-state index contributed by atoms with van der Waals surface area (Å²) in [7, 11) is 0. The second-order valence-corrected chi connectivity index (χ2v) is 29.8. The van der Waals surface area contributed by atoms with Crippen LogP contribution >= 0.6 is 0 Å². The minimum absolute atomic E-state index is 0.0152. The van der Waals surface area contributed by atoms with Crippen molar-refractivity contribution in [2.24, 2.45) is 33.0 Å². The number of carbonyl (C=O) groups excluding carboxylic acids is 2. The Kier molecular flexibility index (Phi) is 18.5. The molecule has 0 amide bonds. The average Bonchev–Trinajstić information content (AvgIpc) is 3.49. The third-order valence-electron chi connectivity index (χ3n) is 11.9. The molecule has 0 spiro atoms. The van der Waals surface area contributed by atoms with E-state index < -0.39 is 5.92 Å². The van der Waals surface area contributed by atoms with Gasteiger partial charge < -0.3 is 15.1 Å². The van der Waals surface area contributed by atoms with E-state index in [1.165, 1.54) is 28.2 Å². The van der Waals surface area contributed by atoms with E-state index >= 15 is 0 Å². The largest absolute Gasteiger partial charge is 0.381 e. The third-order valence-corrected chi connectivity index (χ3v) is 11.9. The topological polar surface area (TPSA) is 52.7 Å². The minimum Gasteiger partial charge on any atom is -0.381 e. The molecular weight excluding hydrogens is 819 g/mol. The van der Waals surface area contributed by atoms with Crippen LogP contribution in [0.2, 0.25) is 0 Å². The number of Topliss-reactive ketones (excluding diaryl/α,β-unsaturated/α-hetero) is 2. The summed E-state index contributed by atoms with van der Waals surface area (Å²) in [4.78, 5) is 30.7. The number of fused-ring (bicyclic) bond motifs is 2. The predicted octanol–water partition coefficient (Wildman–Crippen LogP) is 17.4. The maximum atomic E-state index is 13.0. The summed E-state index contributed by atoms with van der Waals surface area (Å²) >= 11 is 0. The van der Waals surface area contributed by atoms with Gasteiger partial charge in [0.2, 0.25) is 0 Å². The molecule has 0 aromatic heterocycles. The maximum Gasteiger partial charge on any atom is 0.174 e. The summed E-state index contributed by atoms with van der Waals surface area (Å²) in [6.07, 6.45) is 2.24. The van der Waals surface area contributed by atoms with E-state index in [1.807, 2.05) is 45.0 Å². The van der Waals surface area contributed by atoms with Crippen LogP contribution in [-0.4, -0.2) is 39.8 Å². The van der Waals surface area contributed by atoms with Crippen molar-refractivity contribution in [2.75, 3.05) is 15.1 Å². The summed E-state index contributed by atoms with van der Waals surface area (Å²) in [5, 5.41) is 3.70. The average molecular weight is 923 g/mol. The Morgan fingerprint density at radius 2 is 0.896 bits per heavy atom. The third kappa shape index (κ3) is 17.7. The lowest BCUT2D eigenvalue weighted by atomic mass is 9.60. The first-order chi connectivity index (χ1) is 29.7. The highest BCUT2D eigenvalue weighted by molar-refractivity contribution is 6.17. The second kappa shape index (κ2) is 20.8. The smallest absolute Gasteiger partial charge is 0.174 e. The number of ketones is 2. The number of nitrogens with zero attached hydrogens (tertiary/aromatic N) is 2. The molecule has 0 fully saturated rings. The molecule has 378 valence electrons. The molecule has 3 aromatic carbocycles. The van der Waals surface area contributed by atoms with Crippen molar-refractivity contribution < 1.29 is 9.59 Å². The zero-order chi connectivity index (χ0) is 52.5. The Hall–Kier alpha value is -3.60. The predicted molar refractivity (Wildman–Crippen MR) is 297 cm³/mol. The number of hydrogen-bond acceptors (Lipinski definition) is 5. The first-order valence-electron chi connectivity index (χ1n) is 25.4. The van der Waals surface area contributed by atoms with Crippen molar-refractivity contribution in [1.82, 2.24) is 0 Å². The maximum absolute atomic E-state index is 13.0. The lowest BCUT2D eigenvalue weighted by molar-refractivity contribution is -0.128. The fourth-order valence-electron chi connectivity index (χ4n) is 10.2. The normalized spacial score (nSPS) is 18.2. The fourth-order valence-corrected chi connectivity index (χ4v) is 10.2. The van der Waals surface area contributed by atoms with Gasteiger partial charge in [-0.2, -0.15) is 0 Å². The zero-order valence-electron chi connectivity index (χ0n) is 48.7. The van der Waals surface area contributed by atoms with E-state index in [0.717, 1.165) is 24.0 Å². The van der Waals surface area contributed by atoms with Gasteiger partial charge in [-0.3, -0.25) is 9.59 Å². The molecule has 1 aliphatic carbocycles. The molecule has 5 nitrogen and oxygen atoms in total. The Bertz CT molecular complexity index is 2040. The SMILES string of the molecule is CC(C)(C)C.CC(C)(C)C1C(=O)c2ccccc2C(C(C)(C)C)C1=O.CC(C)(C)C1Cc2cc(N(C(C)(C)C)C(C)(C)C)ccc2N1.CC(C)(C)Cc1ccc(N(C(C)(C)C)C(C)(C)C)cc1. The number of nitrogens with one attached hydrogen (secondary N) is 1. The molecule has 67 heavy (non-hydrogen) atoms. The summed E-state index contributed by atoms with van der Waals surface area (Å²) in [5.41, 5.74) is 9.48. The van der Waals surface area contributed by atoms with E-state index in [-0.39, 0.29) is 55.9 Å². The lowest BCUT2D eigenvalue weighted by Crippen LogP contribution is -2.53. The number of hydrogen-bond donors (Lipinski definition) is 1. The molecule has 1 heterocycles. The molecule has 2 aliphatic rings. The highest BCUT2D eigenvalue weighted by Crippen LogP contribution is 2.47. The van der Waals surface area contributed by atoms with Crippen LogP contribution in [0, 0.1) is 33.0 Å². The molecule has 0 bridgehead atoms. The zero-order valence-corrected chi connectivity index (χ0v) is 48.7. The number of anilines is 3. The van der Waals surface area contributed by atoms with Crippen LogP contribution in [0.4, 0.5) is 17.1 Å². The van der Waals surface area contributed by atoms with Crippen LogP contribution in [0.1, 0.15) is 227 Å². The van der Waals surface area contributed by atoms with E-state index in [4.69, 9.17) is 0 Å². The molecule has 5 heteroatoms. The van der Waals surface area contributed by atoms with Gasteiger partial charge in [0.05, 0.1) is 5.92 Å². The van der Waals surface area contributed by atoms with Crippen LogP contribution in [0.15, 0.2) is 66.7 Å². The van der Waals surface area contributed by atoms with Crippen molar-refractivity contribution in [3.05, 3.63) is 89.0 Å². The van der Waals surface area contributed by atoms with E-state index in [0.29, 0.717) is 16.9 Å². The Morgan fingerprint density at radius 1 is 0.493 bits per heavy atom. The van der Waals surface area contributed by atoms with Crippen LogP contribution < -0.4 is 15.1 Å². The van der Waals surface area contributed by atoms with Gasteiger partial charge in [-0.15, -0.1) is 0 Å². The first kappa shape index (κ1) is 59.5. The monoisotopic (exact) mass is 922 g/mol. The number of rotatable bonds is 3. The molecule has 1 N–H and O–H groups in total. The van der Waals surface area contributed by atoms with E-state index in [9.17, 15) is 9.59 Å². The Morgan fingerprint density at radius 3 is 1.28 bits per heavy atom. The van der Waals surface area contributed by atoms with Crippen LogP contribution in [0.3, 0.4) is 0 Å². The molecule has 3 aromatic rings. The van der Waals surface area contributed by atoms with Crippen LogP contribution in [-0.2, 0) is 17.6 Å². The quantitative estimate of drug-likeness (QED) is 0.265. The number of benzene rings is 3. The molecule has 0 saturated heterocycles. The van der Waals surface area contributed by atoms with Crippen LogP contribution in [0.5, 0.6) is 0 Å². The van der Waals surface area contributed by atoms with Crippen molar-refractivity contribution in [1.29, 1.82) is 0 Å². The van der Waals surface area contributed by atoms with Crippen molar-refractivity contribution in [2.45, 2.75) is 241 Å². The summed E-state index contributed by atoms with van der Waals surface area (Å²) in [5.74, 6) is -0.686. The molecule has 3 atom stereocenters. The van der Waals surface area contributed by atoms with Crippen molar-refractivity contribution in [3.8, 4) is 0 Å². The minimum atomic E-state index is -0.540. The molecule has 1 aliphatic heterocycles. The fraction of sp³-hybridized carbons (Fsp3) is 0.677. The van der Waals surface area contributed by atoms with Gasteiger partial charge in [0.1, 0.15) is 0 Å². The summed E-state index contributed by atoms with van der Waals surface area (Å²) in [6, 6.07) is 24.2. The lowest BCUT2D eigenvalue weighted by Gasteiger charge is -2.47. The second-order valence-electron chi connectivity index (χ2n) is 29.8. The van der Waals surface area contributed by atoms with Gasteiger partial charge in [0, 0.05) is 56.7 Å². The number of carbonyl (C=O) groups is 2. The van der Waals surface area contributed by atoms with Gasteiger partial charge in [-0.25, -0.2) is 0 Å². The van der Waals surface area contributed by atoms with Gasteiger partial charge in [0.15, 0.2) is 11.6 Å². The van der Waals surface area contributed by atoms with Crippen LogP contribution in [0.25, 0.3) is 0 Å². The Balaban J connectivity index is 0.000000328. The molecule has 0 saturated carbocycles. The van der Waals surface area contributed by atoms with Gasteiger partial charge >= 0.3 is 0 Å². The molecule has 3 unspecified atom stereocenters. The first-order valence-corrected chi connectivity index (χ1v) is 25.4. The van der Waals surface area contributed by atoms with Gasteiger partial charge in [-0.1, -0.05) is 147 Å². The summed E-state index contributed by atoms with van der Waals surface area (Å²) in [6.45, 7) is 62.1. The molecule has 0 radical (unpaired) electrons. The Labute approximate surface area is 414 Å². The van der Waals surface area contributed by atoms with Gasteiger partial charge in [-0.05, 0) is 170 Å². The van der Waals surface area contributed by atoms with Crippen molar-refractivity contribution in [3.63, 3.8) is 0 Å². The van der Waals surface area contributed by atoms with E-state index in [2.05, 4.69) is 231 Å².